The number of aryl methyl sites for hydroxylation is 1. The Morgan fingerprint density at radius 3 is 2.81 bits per heavy atom. The van der Waals surface area contributed by atoms with Gasteiger partial charge in [-0.3, -0.25) is 14.0 Å². The van der Waals surface area contributed by atoms with E-state index in [0.29, 0.717) is 17.1 Å². The van der Waals surface area contributed by atoms with Gasteiger partial charge in [0.15, 0.2) is 0 Å². The predicted molar refractivity (Wildman–Crippen MR) is 86.1 cm³/mol. The Morgan fingerprint density at radius 2 is 2.14 bits per heavy atom. The molecule has 0 radical (unpaired) electrons. The maximum atomic E-state index is 12.4. The summed E-state index contributed by atoms with van der Waals surface area (Å²) in [7, 11) is -0.708. The van der Waals surface area contributed by atoms with Crippen LogP contribution in [-0.4, -0.2) is 39.2 Å². The molecule has 6 heteroatoms. The van der Waals surface area contributed by atoms with Crippen molar-refractivity contribution in [1.82, 2.24) is 10.3 Å². The third kappa shape index (κ3) is 4.52. The first-order chi connectivity index (χ1) is 10.1. The Labute approximate surface area is 128 Å². The van der Waals surface area contributed by atoms with E-state index in [9.17, 15) is 9.00 Å². The molecule has 0 aliphatic carbocycles. The number of pyridine rings is 1. The molecule has 0 saturated carbocycles. The third-order valence-electron chi connectivity index (χ3n) is 3.57. The highest BCUT2D eigenvalue weighted by atomic mass is 32.2. The van der Waals surface area contributed by atoms with E-state index in [1.165, 1.54) is 0 Å². The van der Waals surface area contributed by atoms with Crippen LogP contribution in [0.3, 0.4) is 0 Å². The van der Waals surface area contributed by atoms with E-state index in [-0.39, 0.29) is 11.9 Å². The van der Waals surface area contributed by atoms with Gasteiger partial charge in [-0.15, -0.1) is 0 Å². The van der Waals surface area contributed by atoms with Crippen molar-refractivity contribution in [1.29, 1.82) is 0 Å². The summed E-state index contributed by atoms with van der Waals surface area (Å²) in [6.45, 7) is 4.82. The number of hydrogen-bond acceptors (Lipinski definition) is 4. The Bertz CT molecular complexity index is 524. The van der Waals surface area contributed by atoms with Gasteiger partial charge in [0.2, 0.25) is 0 Å². The average molecular weight is 309 g/mol. The second kappa shape index (κ2) is 7.54. The molecule has 1 aromatic rings. The minimum Gasteiger partial charge on any atom is -0.384 e. The molecule has 1 aliphatic rings. The Balaban J connectivity index is 2.05. The second-order valence-electron chi connectivity index (χ2n) is 5.39. The molecular weight excluding hydrogens is 286 g/mol. The summed E-state index contributed by atoms with van der Waals surface area (Å²) in [5.74, 6) is 1.26. The zero-order valence-electron chi connectivity index (χ0n) is 12.6. The van der Waals surface area contributed by atoms with Crippen LogP contribution >= 0.6 is 0 Å². The molecule has 116 valence electrons. The van der Waals surface area contributed by atoms with Crippen LogP contribution in [0.25, 0.3) is 0 Å². The minimum absolute atomic E-state index is 0.0983. The van der Waals surface area contributed by atoms with E-state index in [0.717, 1.165) is 37.2 Å². The van der Waals surface area contributed by atoms with Crippen LogP contribution in [-0.2, 0) is 10.8 Å². The highest BCUT2D eigenvalue weighted by Crippen LogP contribution is 2.17. The highest BCUT2D eigenvalue weighted by Gasteiger charge is 2.21. The van der Waals surface area contributed by atoms with Crippen molar-refractivity contribution in [3.05, 3.63) is 23.5 Å². The molecule has 0 unspecified atom stereocenters. The summed E-state index contributed by atoms with van der Waals surface area (Å²) in [4.78, 5) is 16.6. The first kappa shape index (κ1) is 15.9. The molecule has 21 heavy (non-hydrogen) atoms. The van der Waals surface area contributed by atoms with Gasteiger partial charge in [-0.2, -0.15) is 0 Å². The standard InChI is InChI=1S/C15H23N3O2S/c1-3-6-16-14-9-11(2)17-10-13(14)15(19)18-12-4-7-21(20)8-5-12/h9-10,12H,3-8H2,1-2H3,(H,16,17)(H,18,19). The zero-order valence-corrected chi connectivity index (χ0v) is 13.5. The number of carbonyl (C=O) groups is 1. The molecular formula is C15H23N3O2S. The largest absolute Gasteiger partial charge is 0.384 e. The van der Waals surface area contributed by atoms with E-state index in [2.05, 4.69) is 22.5 Å². The Kier molecular flexibility index (Phi) is 5.73. The minimum atomic E-state index is -0.708. The van der Waals surface area contributed by atoms with Crippen LogP contribution in [0.4, 0.5) is 5.69 Å². The van der Waals surface area contributed by atoms with Crippen LogP contribution in [0, 0.1) is 6.92 Å². The van der Waals surface area contributed by atoms with Crippen LogP contribution < -0.4 is 10.6 Å². The number of hydrogen-bond donors (Lipinski definition) is 2. The van der Waals surface area contributed by atoms with Crippen molar-refractivity contribution in [3.8, 4) is 0 Å². The van der Waals surface area contributed by atoms with Crippen LogP contribution in [0.2, 0.25) is 0 Å². The van der Waals surface area contributed by atoms with Gasteiger partial charge in [0.1, 0.15) is 0 Å². The lowest BCUT2D eigenvalue weighted by Gasteiger charge is -2.23. The SMILES string of the molecule is CCCNc1cc(C)ncc1C(=O)NC1CCS(=O)CC1. The fourth-order valence-electron chi connectivity index (χ4n) is 2.35. The number of nitrogens with zero attached hydrogens (tertiary/aromatic N) is 1. The van der Waals surface area contributed by atoms with Gasteiger partial charge in [-0.25, -0.2) is 0 Å². The van der Waals surface area contributed by atoms with E-state index in [1.807, 2.05) is 13.0 Å². The van der Waals surface area contributed by atoms with Crippen molar-refractivity contribution >= 4 is 22.4 Å². The van der Waals surface area contributed by atoms with Gasteiger partial charge in [0.05, 0.1) is 11.3 Å². The van der Waals surface area contributed by atoms with Gasteiger partial charge in [-0.05, 0) is 32.3 Å². The molecule has 5 nitrogen and oxygen atoms in total. The molecule has 0 bridgehead atoms. The number of carbonyl (C=O) groups excluding carboxylic acids is 1. The summed E-state index contributed by atoms with van der Waals surface area (Å²) in [6, 6.07) is 2.02. The fourth-order valence-corrected chi connectivity index (χ4v) is 3.65. The lowest BCUT2D eigenvalue weighted by Crippen LogP contribution is -2.39. The molecule has 0 aromatic carbocycles. The molecule has 1 amide bonds. The first-order valence-electron chi connectivity index (χ1n) is 7.46. The first-order valence-corrected chi connectivity index (χ1v) is 8.95. The molecule has 1 aromatic heterocycles. The molecule has 1 fully saturated rings. The Hall–Kier alpha value is -1.43. The van der Waals surface area contributed by atoms with Gasteiger partial charge in [0.25, 0.3) is 5.91 Å². The molecule has 0 atom stereocenters. The van der Waals surface area contributed by atoms with Crippen LogP contribution in [0.15, 0.2) is 12.3 Å². The van der Waals surface area contributed by atoms with Gasteiger partial charge in [-0.1, -0.05) is 6.92 Å². The highest BCUT2D eigenvalue weighted by molar-refractivity contribution is 7.85. The van der Waals surface area contributed by atoms with Crippen molar-refractivity contribution in [2.45, 2.75) is 39.2 Å². The predicted octanol–water partition coefficient (Wildman–Crippen LogP) is 1.85. The number of nitrogens with one attached hydrogen (secondary N) is 2. The molecule has 1 saturated heterocycles. The van der Waals surface area contributed by atoms with E-state index >= 15 is 0 Å². The fraction of sp³-hybridized carbons (Fsp3) is 0.600. The summed E-state index contributed by atoms with van der Waals surface area (Å²) in [6.07, 6.45) is 4.20. The topological polar surface area (TPSA) is 71.1 Å². The third-order valence-corrected chi connectivity index (χ3v) is 4.96. The summed E-state index contributed by atoms with van der Waals surface area (Å²) in [5.41, 5.74) is 2.31. The van der Waals surface area contributed by atoms with Crippen LogP contribution in [0.5, 0.6) is 0 Å². The second-order valence-corrected chi connectivity index (χ2v) is 7.09. The molecule has 0 spiro atoms. The Morgan fingerprint density at radius 1 is 1.43 bits per heavy atom. The van der Waals surface area contributed by atoms with E-state index < -0.39 is 10.8 Å². The molecule has 2 N–H and O–H groups in total. The molecule has 2 rings (SSSR count). The maximum Gasteiger partial charge on any atom is 0.255 e. The summed E-state index contributed by atoms with van der Waals surface area (Å²) in [5, 5.41) is 6.32. The van der Waals surface area contributed by atoms with Crippen molar-refractivity contribution in [3.63, 3.8) is 0 Å². The van der Waals surface area contributed by atoms with Crippen molar-refractivity contribution in [2.75, 3.05) is 23.4 Å². The van der Waals surface area contributed by atoms with E-state index in [1.54, 1.807) is 6.20 Å². The lowest BCUT2D eigenvalue weighted by molar-refractivity contribution is 0.0935. The number of aromatic nitrogens is 1. The normalized spacial score (nSPS) is 21.8. The molecule has 1 aliphatic heterocycles. The van der Waals surface area contributed by atoms with Crippen LogP contribution in [0.1, 0.15) is 42.2 Å². The average Bonchev–Trinajstić information content (AvgIpc) is 2.47. The smallest absolute Gasteiger partial charge is 0.255 e. The van der Waals surface area contributed by atoms with Gasteiger partial charge >= 0.3 is 0 Å². The van der Waals surface area contributed by atoms with Gasteiger partial charge in [0, 0.05) is 46.8 Å². The van der Waals surface area contributed by atoms with Gasteiger partial charge < -0.3 is 10.6 Å². The summed E-state index contributed by atoms with van der Waals surface area (Å²) < 4.78 is 11.4. The zero-order chi connectivity index (χ0) is 15.2. The maximum absolute atomic E-state index is 12.4. The lowest BCUT2D eigenvalue weighted by atomic mass is 10.1. The van der Waals surface area contributed by atoms with E-state index in [4.69, 9.17) is 0 Å². The summed E-state index contributed by atoms with van der Waals surface area (Å²) >= 11 is 0. The number of amides is 1. The van der Waals surface area contributed by atoms with Crippen molar-refractivity contribution in [2.24, 2.45) is 0 Å². The number of rotatable bonds is 5. The van der Waals surface area contributed by atoms with Crippen molar-refractivity contribution < 1.29 is 9.00 Å². The quantitative estimate of drug-likeness (QED) is 0.871. The monoisotopic (exact) mass is 309 g/mol. The number of anilines is 1. The molecule has 2 heterocycles.